The van der Waals surface area contributed by atoms with Gasteiger partial charge in [0.2, 0.25) is 5.91 Å². The summed E-state index contributed by atoms with van der Waals surface area (Å²) >= 11 is 1.60. The molecule has 0 aliphatic carbocycles. The lowest BCUT2D eigenvalue weighted by molar-refractivity contribution is -0.146. The fourth-order valence-electron chi connectivity index (χ4n) is 2.78. The second-order valence-electron chi connectivity index (χ2n) is 5.79. The summed E-state index contributed by atoms with van der Waals surface area (Å²) in [6.07, 6.45) is 2.91. The summed E-state index contributed by atoms with van der Waals surface area (Å²) < 4.78 is 7.54. The number of carbonyl (C=O) groups excluding carboxylic acids is 1. The second-order valence-corrected chi connectivity index (χ2v) is 6.63. The van der Waals surface area contributed by atoms with Crippen molar-refractivity contribution in [2.24, 2.45) is 0 Å². The van der Waals surface area contributed by atoms with Gasteiger partial charge in [-0.15, -0.1) is 11.3 Å². The number of aromatic nitrogens is 2. The molecule has 2 aromatic rings. The highest BCUT2D eigenvalue weighted by Gasteiger charge is 2.29. The van der Waals surface area contributed by atoms with Crippen LogP contribution in [0.3, 0.4) is 0 Å². The van der Waals surface area contributed by atoms with Gasteiger partial charge in [0, 0.05) is 30.2 Å². The van der Waals surface area contributed by atoms with E-state index in [9.17, 15) is 9.90 Å². The summed E-state index contributed by atoms with van der Waals surface area (Å²) in [7, 11) is 0. The SMILES string of the molecule is Cc1cn2c(CCC(=O)N3CC(CO)OCC3C)csc2n1. The molecule has 0 aromatic carbocycles. The van der Waals surface area contributed by atoms with Crippen LogP contribution in [0.25, 0.3) is 4.96 Å². The molecular formula is C15H21N3O3S. The number of aliphatic hydroxyl groups is 1. The molecule has 2 unspecified atom stereocenters. The fraction of sp³-hybridized carbons (Fsp3) is 0.600. The minimum absolute atomic E-state index is 0.0457. The Morgan fingerprint density at radius 2 is 2.41 bits per heavy atom. The maximum Gasteiger partial charge on any atom is 0.223 e. The third-order valence-corrected chi connectivity index (χ3v) is 4.92. The molecule has 1 aliphatic heterocycles. The van der Waals surface area contributed by atoms with Crippen LogP contribution in [-0.2, 0) is 16.0 Å². The predicted molar refractivity (Wildman–Crippen MR) is 84.1 cm³/mol. The molecule has 1 amide bonds. The van der Waals surface area contributed by atoms with Crippen molar-refractivity contribution in [3.8, 4) is 0 Å². The molecular weight excluding hydrogens is 302 g/mol. The van der Waals surface area contributed by atoms with Crippen molar-refractivity contribution in [3.05, 3.63) is 23.0 Å². The van der Waals surface area contributed by atoms with Gasteiger partial charge in [-0.05, 0) is 20.3 Å². The monoisotopic (exact) mass is 323 g/mol. The van der Waals surface area contributed by atoms with Crippen LogP contribution < -0.4 is 0 Å². The average Bonchev–Trinajstić information content (AvgIpc) is 3.04. The summed E-state index contributed by atoms with van der Waals surface area (Å²) in [6.45, 7) is 4.86. The number of aryl methyl sites for hydroxylation is 2. The van der Waals surface area contributed by atoms with Crippen molar-refractivity contribution < 1.29 is 14.6 Å². The molecule has 3 heterocycles. The van der Waals surface area contributed by atoms with E-state index in [2.05, 4.69) is 14.8 Å². The number of amides is 1. The molecule has 1 N–H and O–H groups in total. The van der Waals surface area contributed by atoms with Crippen LogP contribution in [-0.4, -0.2) is 57.2 Å². The summed E-state index contributed by atoms with van der Waals surface area (Å²) in [5.41, 5.74) is 2.11. The van der Waals surface area contributed by atoms with Gasteiger partial charge in [-0.3, -0.25) is 9.20 Å². The predicted octanol–water partition coefficient (Wildman–Crippen LogP) is 1.25. The minimum Gasteiger partial charge on any atom is -0.394 e. The molecule has 1 fully saturated rings. The number of imidazole rings is 1. The van der Waals surface area contributed by atoms with Gasteiger partial charge in [0.1, 0.15) is 0 Å². The first-order valence-electron chi connectivity index (χ1n) is 7.52. The number of ether oxygens (including phenoxy) is 1. The van der Waals surface area contributed by atoms with Crippen LogP contribution in [0.4, 0.5) is 0 Å². The van der Waals surface area contributed by atoms with Crippen LogP contribution >= 0.6 is 11.3 Å². The van der Waals surface area contributed by atoms with Crippen LogP contribution in [0.1, 0.15) is 24.7 Å². The van der Waals surface area contributed by atoms with Gasteiger partial charge in [0.15, 0.2) is 4.96 Å². The zero-order valence-corrected chi connectivity index (χ0v) is 13.7. The van der Waals surface area contributed by atoms with Gasteiger partial charge < -0.3 is 14.7 Å². The summed E-state index contributed by atoms with van der Waals surface area (Å²) in [6, 6.07) is 0.0632. The van der Waals surface area contributed by atoms with Gasteiger partial charge in [-0.1, -0.05) is 0 Å². The molecule has 120 valence electrons. The molecule has 0 saturated carbocycles. The third-order valence-electron chi connectivity index (χ3n) is 4.03. The number of thiazole rings is 1. The Morgan fingerprint density at radius 1 is 1.59 bits per heavy atom. The molecule has 3 rings (SSSR count). The van der Waals surface area contributed by atoms with E-state index in [4.69, 9.17) is 4.74 Å². The molecule has 2 aromatic heterocycles. The van der Waals surface area contributed by atoms with Gasteiger partial charge >= 0.3 is 0 Å². The average molecular weight is 323 g/mol. The van der Waals surface area contributed by atoms with Gasteiger partial charge in [-0.25, -0.2) is 4.98 Å². The van der Waals surface area contributed by atoms with Gasteiger partial charge in [0.05, 0.1) is 31.1 Å². The number of fused-ring (bicyclic) bond motifs is 1. The Labute approximate surface area is 133 Å². The summed E-state index contributed by atoms with van der Waals surface area (Å²) in [4.78, 5) is 19.7. The van der Waals surface area contributed by atoms with Crippen molar-refractivity contribution in [1.29, 1.82) is 0 Å². The van der Waals surface area contributed by atoms with Gasteiger partial charge in [-0.2, -0.15) is 0 Å². The van der Waals surface area contributed by atoms with E-state index < -0.39 is 0 Å². The molecule has 0 bridgehead atoms. The van der Waals surface area contributed by atoms with Crippen LogP contribution in [0.2, 0.25) is 0 Å². The number of hydrogen-bond donors (Lipinski definition) is 1. The highest BCUT2D eigenvalue weighted by Crippen LogP contribution is 2.19. The second kappa shape index (κ2) is 6.36. The Bertz CT molecular complexity index is 666. The van der Waals surface area contributed by atoms with Crippen molar-refractivity contribution in [3.63, 3.8) is 0 Å². The van der Waals surface area contributed by atoms with E-state index in [1.807, 2.05) is 24.9 Å². The fourth-order valence-corrected chi connectivity index (χ4v) is 3.73. The quantitative estimate of drug-likeness (QED) is 0.919. The lowest BCUT2D eigenvalue weighted by Gasteiger charge is -2.37. The van der Waals surface area contributed by atoms with E-state index >= 15 is 0 Å². The zero-order valence-electron chi connectivity index (χ0n) is 12.9. The first-order chi connectivity index (χ1) is 10.6. The third kappa shape index (κ3) is 3.02. The zero-order chi connectivity index (χ0) is 15.7. The van der Waals surface area contributed by atoms with E-state index in [-0.39, 0.29) is 24.7 Å². The van der Waals surface area contributed by atoms with E-state index in [0.717, 1.165) is 16.3 Å². The lowest BCUT2D eigenvalue weighted by Crippen LogP contribution is -2.52. The Kier molecular flexibility index (Phi) is 4.46. The number of morpholine rings is 1. The smallest absolute Gasteiger partial charge is 0.223 e. The molecule has 22 heavy (non-hydrogen) atoms. The maximum atomic E-state index is 12.5. The normalized spacial score (nSPS) is 22.4. The molecule has 1 aliphatic rings. The minimum atomic E-state index is -0.260. The molecule has 2 atom stereocenters. The largest absolute Gasteiger partial charge is 0.394 e. The van der Waals surface area contributed by atoms with Crippen molar-refractivity contribution in [2.45, 2.75) is 38.8 Å². The van der Waals surface area contributed by atoms with Crippen molar-refractivity contribution >= 4 is 22.2 Å². The van der Waals surface area contributed by atoms with E-state index in [1.165, 1.54) is 0 Å². The van der Waals surface area contributed by atoms with E-state index in [0.29, 0.717) is 26.0 Å². The first-order valence-corrected chi connectivity index (χ1v) is 8.40. The molecule has 1 saturated heterocycles. The number of rotatable bonds is 4. The molecule has 7 heteroatoms. The van der Waals surface area contributed by atoms with Crippen LogP contribution in [0.5, 0.6) is 0 Å². The highest BCUT2D eigenvalue weighted by molar-refractivity contribution is 7.15. The summed E-state index contributed by atoms with van der Waals surface area (Å²) in [5, 5.41) is 11.3. The maximum absolute atomic E-state index is 12.5. The molecule has 6 nitrogen and oxygen atoms in total. The topological polar surface area (TPSA) is 67.1 Å². The Morgan fingerprint density at radius 3 is 3.18 bits per heavy atom. The lowest BCUT2D eigenvalue weighted by atomic mass is 10.1. The Balaban J connectivity index is 1.64. The standard InChI is InChI=1S/C15H21N3O3S/c1-10-5-18-12(9-22-15(18)16-10)3-4-14(20)17-6-13(7-19)21-8-11(17)2/h5,9,11,13,19H,3-4,6-8H2,1-2H3. The number of aliphatic hydroxyl groups excluding tert-OH is 1. The van der Waals surface area contributed by atoms with Crippen molar-refractivity contribution in [2.75, 3.05) is 19.8 Å². The number of carbonyl (C=O) groups is 1. The first kappa shape index (κ1) is 15.5. The van der Waals surface area contributed by atoms with Crippen LogP contribution in [0.15, 0.2) is 11.6 Å². The highest BCUT2D eigenvalue weighted by atomic mass is 32.1. The Hall–Kier alpha value is -1.44. The number of hydrogen-bond acceptors (Lipinski definition) is 5. The molecule has 0 radical (unpaired) electrons. The summed E-state index contributed by atoms with van der Waals surface area (Å²) in [5.74, 6) is 0.116. The van der Waals surface area contributed by atoms with Gasteiger partial charge in [0.25, 0.3) is 0 Å². The number of nitrogens with zero attached hydrogens (tertiary/aromatic N) is 3. The molecule has 0 spiro atoms. The van der Waals surface area contributed by atoms with Crippen molar-refractivity contribution in [1.82, 2.24) is 14.3 Å². The van der Waals surface area contributed by atoms with E-state index in [1.54, 1.807) is 11.3 Å². The van der Waals surface area contributed by atoms with Crippen LogP contribution in [0, 0.1) is 6.92 Å².